The van der Waals surface area contributed by atoms with Crippen LogP contribution in [0.2, 0.25) is 5.15 Å². The van der Waals surface area contributed by atoms with Crippen LogP contribution in [0.15, 0.2) is 36.5 Å². The number of nitrogens with zero attached hydrogens (tertiary/aromatic N) is 3. The van der Waals surface area contributed by atoms with Crippen LogP contribution in [0.3, 0.4) is 0 Å². The molecule has 3 nitrogen and oxygen atoms in total. The van der Waals surface area contributed by atoms with Gasteiger partial charge in [0.15, 0.2) is 0 Å². The van der Waals surface area contributed by atoms with E-state index in [-0.39, 0.29) is 0 Å². The first-order valence-corrected chi connectivity index (χ1v) is 7.50. The van der Waals surface area contributed by atoms with E-state index in [4.69, 9.17) is 16.6 Å². The third kappa shape index (κ3) is 2.18. The Kier molecular flexibility index (Phi) is 2.89. The van der Waals surface area contributed by atoms with E-state index >= 15 is 0 Å². The van der Waals surface area contributed by atoms with Gasteiger partial charge in [0, 0.05) is 28.6 Å². The third-order valence-corrected chi connectivity index (χ3v) is 4.30. The van der Waals surface area contributed by atoms with Gasteiger partial charge in [-0.2, -0.15) is 0 Å². The van der Waals surface area contributed by atoms with Crippen molar-refractivity contribution in [3.8, 4) is 11.3 Å². The predicted octanol–water partition coefficient (Wildman–Crippen LogP) is 4.53. The fraction of sp³-hybridized carbons (Fsp3) is 0.235. The molecule has 104 valence electrons. The lowest BCUT2D eigenvalue weighted by Crippen LogP contribution is -2.00. The highest BCUT2D eigenvalue weighted by Crippen LogP contribution is 2.40. The van der Waals surface area contributed by atoms with Gasteiger partial charge in [-0.25, -0.2) is 9.97 Å². The Balaban J connectivity index is 2.00. The van der Waals surface area contributed by atoms with E-state index < -0.39 is 0 Å². The van der Waals surface area contributed by atoms with E-state index in [1.807, 2.05) is 25.3 Å². The van der Waals surface area contributed by atoms with Crippen molar-refractivity contribution in [2.75, 3.05) is 0 Å². The lowest BCUT2D eigenvalue weighted by molar-refractivity contribution is 0.922. The summed E-state index contributed by atoms with van der Waals surface area (Å²) >= 11 is 6.32. The van der Waals surface area contributed by atoms with Gasteiger partial charge in [-0.1, -0.05) is 35.9 Å². The van der Waals surface area contributed by atoms with Crippen LogP contribution in [0.5, 0.6) is 0 Å². The van der Waals surface area contributed by atoms with Gasteiger partial charge in [0.05, 0.1) is 11.2 Å². The molecule has 2 heterocycles. The average molecular weight is 296 g/mol. The van der Waals surface area contributed by atoms with Crippen molar-refractivity contribution >= 4 is 22.5 Å². The SMILES string of the molecule is Cc1c(Cl)nc(C2CC2)nc1-c1cccc2cccnc12. The highest BCUT2D eigenvalue weighted by Gasteiger charge is 2.28. The first-order valence-electron chi connectivity index (χ1n) is 7.12. The summed E-state index contributed by atoms with van der Waals surface area (Å²) in [6.45, 7) is 1.97. The second-order valence-corrected chi connectivity index (χ2v) is 5.86. The van der Waals surface area contributed by atoms with Gasteiger partial charge in [0.25, 0.3) is 0 Å². The fourth-order valence-corrected chi connectivity index (χ4v) is 2.76. The maximum atomic E-state index is 6.32. The molecule has 0 aliphatic heterocycles. The second kappa shape index (κ2) is 4.78. The Morgan fingerprint density at radius 1 is 1.10 bits per heavy atom. The maximum absolute atomic E-state index is 6.32. The molecular weight excluding hydrogens is 282 g/mol. The van der Waals surface area contributed by atoms with Crippen LogP contribution in [0.4, 0.5) is 0 Å². The summed E-state index contributed by atoms with van der Waals surface area (Å²) in [6.07, 6.45) is 4.13. The van der Waals surface area contributed by atoms with Crippen molar-refractivity contribution < 1.29 is 0 Å². The number of fused-ring (bicyclic) bond motifs is 1. The van der Waals surface area contributed by atoms with Crippen LogP contribution >= 0.6 is 11.6 Å². The minimum atomic E-state index is 0.477. The number of hydrogen-bond donors (Lipinski definition) is 0. The molecule has 0 spiro atoms. The molecule has 0 bridgehead atoms. The number of aromatic nitrogens is 3. The van der Waals surface area contributed by atoms with E-state index in [0.29, 0.717) is 11.1 Å². The summed E-state index contributed by atoms with van der Waals surface area (Å²) in [5.74, 6) is 1.35. The Hall–Kier alpha value is -2.00. The Morgan fingerprint density at radius 3 is 2.71 bits per heavy atom. The van der Waals surface area contributed by atoms with Crippen LogP contribution in [-0.4, -0.2) is 15.0 Å². The molecule has 1 saturated carbocycles. The zero-order chi connectivity index (χ0) is 14.4. The standard InChI is InChI=1S/C17H14ClN3/c1-10-14(20-17(12-7-8-12)21-16(10)18)13-6-2-4-11-5-3-9-19-15(11)13/h2-6,9,12H,7-8H2,1H3. The molecule has 1 aliphatic carbocycles. The van der Waals surface area contributed by atoms with Gasteiger partial charge in [0.2, 0.25) is 0 Å². The van der Waals surface area contributed by atoms with Crippen molar-refractivity contribution in [2.24, 2.45) is 0 Å². The summed E-state index contributed by atoms with van der Waals surface area (Å²) in [6, 6.07) is 10.2. The van der Waals surface area contributed by atoms with Crippen molar-refractivity contribution in [3.63, 3.8) is 0 Å². The van der Waals surface area contributed by atoms with Crippen LogP contribution < -0.4 is 0 Å². The molecule has 0 saturated heterocycles. The molecule has 1 aliphatic rings. The molecular formula is C17H14ClN3. The monoisotopic (exact) mass is 295 g/mol. The topological polar surface area (TPSA) is 38.7 Å². The third-order valence-electron chi connectivity index (χ3n) is 3.93. The Bertz CT molecular complexity index is 835. The first kappa shape index (κ1) is 12.7. The van der Waals surface area contributed by atoms with Gasteiger partial charge in [0.1, 0.15) is 11.0 Å². The zero-order valence-corrected chi connectivity index (χ0v) is 12.4. The molecule has 0 amide bonds. The number of pyridine rings is 1. The minimum Gasteiger partial charge on any atom is -0.256 e. The summed E-state index contributed by atoms with van der Waals surface area (Å²) in [5.41, 5.74) is 3.80. The first-order chi connectivity index (χ1) is 10.2. The summed E-state index contributed by atoms with van der Waals surface area (Å²) in [5, 5.41) is 1.66. The summed E-state index contributed by atoms with van der Waals surface area (Å²) in [7, 11) is 0. The molecule has 3 aromatic rings. The molecule has 0 radical (unpaired) electrons. The smallest absolute Gasteiger partial charge is 0.136 e. The summed E-state index contributed by atoms with van der Waals surface area (Å²) in [4.78, 5) is 13.7. The van der Waals surface area contributed by atoms with E-state index in [0.717, 1.165) is 46.4 Å². The van der Waals surface area contributed by atoms with E-state index in [2.05, 4.69) is 28.2 Å². The largest absolute Gasteiger partial charge is 0.256 e. The molecule has 0 unspecified atom stereocenters. The summed E-state index contributed by atoms with van der Waals surface area (Å²) < 4.78 is 0. The lowest BCUT2D eigenvalue weighted by atomic mass is 10.0. The zero-order valence-electron chi connectivity index (χ0n) is 11.7. The molecule has 1 fully saturated rings. The number of para-hydroxylation sites is 1. The van der Waals surface area contributed by atoms with E-state index in [1.54, 1.807) is 0 Å². The molecule has 21 heavy (non-hydrogen) atoms. The van der Waals surface area contributed by atoms with Gasteiger partial charge < -0.3 is 0 Å². The highest BCUT2D eigenvalue weighted by atomic mass is 35.5. The highest BCUT2D eigenvalue weighted by molar-refractivity contribution is 6.30. The molecule has 4 heteroatoms. The van der Waals surface area contributed by atoms with Gasteiger partial charge in [-0.05, 0) is 25.8 Å². The molecule has 0 atom stereocenters. The number of halogens is 1. The van der Waals surface area contributed by atoms with Crippen molar-refractivity contribution in [2.45, 2.75) is 25.7 Å². The normalized spacial score (nSPS) is 14.6. The molecule has 2 aromatic heterocycles. The van der Waals surface area contributed by atoms with Crippen LogP contribution in [0.1, 0.15) is 30.1 Å². The lowest BCUT2D eigenvalue weighted by Gasteiger charge is -2.11. The minimum absolute atomic E-state index is 0.477. The fourth-order valence-electron chi connectivity index (χ4n) is 2.59. The van der Waals surface area contributed by atoms with Gasteiger partial charge in [-0.15, -0.1) is 0 Å². The van der Waals surface area contributed by atoms with Crippen LogP contribution in [-0.2, 0) is 0 Å². The van der Waals surface area contributed by atoms with Crippen molar-refractivity contribution in [1.29, 1.82) is 0 Å². The van der Waals surface area contributed by atoms with Crippen molar-refractivity contribution in [1.82, 2.24) is 15.0 Å². The Morgan fingerprint density at radius 2 is 1.90 bits per heavy atom. The van der Waals surface area contributed by atoms with E-state index in [1.165, 1.54) is 0 Å². The molecule has 0 N–H and O–H groups in total. The molecule has 1 aromatic carbocycles. The number of benzene rings is 1. The van der Waals surface area contributed by atoms with Crippen LogP contribution in [0, 0.1) is 6.92 Å². The quantitative estimate of drug-likeness (QED) is 0.652. The molecule has 4 rings (SSSR count). The Labute approximate surface area is 128 Å². The number of hydrogen-bond acceptors (Lipinski definition) is 3. The van der Waals surface area contributed by atoms with Gasteiger partial charge in [-0.3, -0.25) is 4.98 Å². The predicted molar refractivity (Wildman–Crippen MR) is 84.5 cm³/mol. The van der Waals surface area contributed by atoms with E-state index in [9.17, 15) is 0 Å². The second-order valence-electron chi connectivity index (χ2n) is 5.50. The van der Waals surface area contributed by atoms with Crippen LogP contribution in [0.25, 0.3) is 22.2 Å². The average Bonchev–Trinajstić information content (AvgIpc) is 3.34. The van der Waals surface area contributed by atoms with Gasteiger partial charge >= 0.3 is 0 Å². The number of rotatable bonds is 2. The van der Waals surface area contributed by atoms with Crippen molar-refractivity contribution in [3.05, 3.63) is 53.1 Å². The maximum Gasteiger partial charge on any atom is 0.136 e.